The third kappa shape index (κ3) is 3.52. The van der Waals surface area contributed by atoms with Crippen LogP contribution in [0.25, 0.3) is 0 Å². The third-order valence-corrected chi connectivity index (χ3v) is 5.73. The van der Waals surface area contributed by atoms with E-state index >= 15 is 0 Å². The lowest BCUT2D eigenvalue weighted by Crippen LogP contribution is -2.51. The summed E-state index contributed by atoms with van der Waals surface area (Å²) >= 11 is 0. The van der Waals surface area contributed by atoms with Crippen LogP contribution in [0.15, 0.2) is 0 Å². The van der Waals surface area contributed by atoms with Crippen molar-refractivity contribution in [1.82, 2.24) is 15.1 Å². The SMILES string of the molecule is CCCN1C(=O)C(=O)N(CC(=O)N[C@]2(C)CCS(=O)(=O)C2)C1=O. The molecule has 2 rings (SSSR count). The third-order valence-electron chi connectivity index (χ3n) is 3.83. The molecule has 2 saturated heterocycles. The second kappa shape index (κ2) is 5.91. The molecular formula is C13H19N3O6S. The van der Waals surface area contributed by atoms with Gasteiger partial charge in [-0.2, -0.15) is 0 Å². The monoisotopic (exact) mass is 345 g/mol. The van der Waals surface area contributed by atoms with Crippen molar-refractivity contribution >= 4 is 33.6 Å². The number of urea groups is 1. The minimum Gasteiger partial charge on any atom is -0.348 e. The summed E-state index contributed by atoms with van der Waals surface area (Å²) in [7, 11) is -3.20. The van der Waals surface area contributed by atoms with Crippen molar-refractivity contribution in [3.8, 4) is 0 Å². The molecule has 1 atom stereocenters. The van der Waals surface area contributed by atoms with Crippen LogP contribution in [0.5, 0.6) is 0 Å². The van der Waals surface area contributed by atoms with Gasteiger partial charge in [0, 0.05) is 6.54 Å². The van der Waals surface area contributed by atoms with E-state index in [2.05, 4.69) is 5.32 Å². The number of carbonyl (C=O) groups is 4. The molecule has 0 bridgehead atoms. The Kier molecular flexibility index (Phi) is 4.47. The smallest absolute Gasteiger partial charge is 0.334 e. The molecule has 10 heteroatoms. The van der Waals surface area contributed by atoms with E-state index in [-0.39, 0.29) is 24.5 Å². The molecule has 2 aliphatic rings. The highest BCUT2D eigenvalue weighted by molar-refractivity contribution is 7.91. The average Bonchev–Trinajstić information content (AvgIpc) is 2.82. The quantitative estimate of drug-likeness (QED) is 0.498. The molecule has 0 unspecified atom stereocenters. The first kappa shape index (κ1) is 17.4. The second-order valence-electron chi connectivity index (χ2n) is 6.08. The lowest BCUT2D eigenvalue weighted by atomic mass is 10.0. The summed E-state index contributed by atoms with van der Waals surface area (Å²) in [5.74, 6) is -2.86. The van der Waals surface area contributed by atoms with Crippen molar-refractivity contribution in [2.24, 2.45) is 0 Å². The lowest BCUT2D eigenvalue weighted by Gasteiger charge is -2.25. The minimum absolute atomic E-state index is 0.0197. The molecule has 23 heavy (non-hydrogen) atoms. The largest absolute Gasteiger partial charge is 0.348 e. The van der Waals surface area contributed by atoms with Crippen LogP contribution >= 0.6 is 0 Å². The molecule has 1 N–H and O–H groups in total. The van der Waals surface area contributed by atoms with Crippen molar-refractivity contribution in [3.63, 3.8) is 0 Å². The fraction of sp³-hybridized carbons (Fsp3) is 0.692. The number of amides is 5. The summed E-state index contributed by atoms with van der Waals surface area (Å²) in [6, 6.07) is -0.818. The first-order valence-corrected chi connectivity index (χ1v) is 9.09. The lowest BCUT2D eigenvalue weighted by molar-refractivity contribution is -0.144. The van der Waals surface area contributed by atoms with Gasteiger partial charge < -0.3 is 5.32 Å². The topological polar surface area (TPSA) is 121 Å². The van der Waals surface area contributed by atoms with Gasteiger partial charge in [0.2, 0.25) is 5.91 Å². The first-order valence-electron chi connectivity index (χ1n) is 7.27. The zero-order valence-electron chi connectivity index (χ0n) is 13.0. The summed E-state index contributed by atoms with van der Waals surface area (Å²) in [5, 5.41) is 2.55. The van der Waals surface area contributed by atoms with Gasteiger partial charge in [-0.3, -0.25) is 19.3 Å². The fourth-order valence-corrected chi connectivity index (χ4v) is 4.83. The number of sulfone groups is 1. The normalized spacial score (nSPS) is 27.0. The maximum Gasteiger partial charge on any atom is 0.334 e. The number of nitrogens with zero attached hydrogens (tertiary/aromatic N) is 2. The van der Waals surface area contributed by atoms with E-state index in [1.54, 1.807) is 13.8 Å². The van der Waals surface area contributed by atoms with Crippen LogP contribution in [-0.4, -0.2) is 72.1 Å². The first-order chi connectivity index (χ1) is 10.6. The number of imide groups is 2. The van der Waals surface area contributed by atoms with Gasteiger partial charge >= 0.3 is 17.8 Å². The number of carbonyl (C=O) groups excluding carboxylic acids is 4. The Morgan fingerprint density at radius 3 is 2.35 bits per heavy atom. The molecule has 0 radical (unpaired) electrons. The maximum atomic E-state index is 12.1. The van der Waals surface area contributed by atoms with Crippen molar-refractivity contribution in [1.29, 1.82) is 0 Å². The van der Waals surface area contributed by atoms with Gasteiger partial charge in [0.1, 0.15) is 6.54 Å². The summed E-state index contributed by atoms with van der Waals surface area (Å²) in [5.41, 5.74) is -0.922. The van der Waals surface area contributed by atoms with E-state index in [0.29, 0.717) is 11.3 Å². The van der Waals surface area contributed by atoms with Crippen LogP contribution in [0.1, 0.15) is 26.7 Å². The highest BCUT2D eigenvalue weighted by Crippen LogP contribution is 2.23. The van der Waals surface area contributed by atoms with Crippen LogP contribution in [0.2, 0.25) is 0 Å². The molecular weight excluding hydrogens is 326 g/mol. The molecule has 128 valence electrons. The Labute approximate surface area is 133 Å². The zero-order chi connectivity index (χ0) is 17.4. The van der Waals surface area contributed by atoms with Crippen LogP contribution in [0.3, 0.4) is 0 Å². The Bertz CT molecular complexity index is 673. The molecule has 5 amide bonds. The number of hydrogen-bond acceptors (Lipinski definition) is 6. The Balaban J connectivity index is 2.02. The minimum atomic E-state index is -3.20. The molecule has 0 aromatic carbocycles. The fourth-order valence-electron chi connectivity index (χ4n) is 2.74. The number of hydrogen-bond donors (Lipinski definition) is 1. The molecule has 0 aromatic heterocycles. The highest BCUT2D eigenvalue weighted by atomic mass is 32.2. The van der Waals surface area contributed by atoms with Gasteiger partial charge in [-0.05, 0) is 19.8 Å². The molecule has 0 spiro atoms. The van der Waals surface area contributed by atoms with Crippen LogP contribution < -0.4 is 5.32 Å². The molecule has 9 nitrogen and oxygen atoms in total. The highest BCUT2D eigenvalue weighted by Gasteiger charge is 2.46. The molecule has 2 fully saturated rings. The van der Waals surface area contributed by atoms with E-state index in [9.17, 15) is 27.6 Å². The average molecular weight is 345 g/mol. The molecule has 0 saturated carbocycles. The maximum absolute atomic E-state index is 12.1. The molecule has 2 heterocycles. The summed E-state index contributed by atoms with van der Waals surface area (Å²) in [6.07, 6.45) is 0.768. The number of rotatable bonds is 5. The van der Waals surface area contributed by atoms with Gasteiger partial charge in [-0.1, -0.05) is 6.92 Å². The Morgan fingerprint density at radius 1 is 1.22 bits per heavy atom. The Hall–Kier alpha value is -1.97. The van der Waals surface area contributed by atoms with Crippen LogP contribution in [0, 0.1) is 0 Å². The number of nitrogens with one attached hydrogen (secondary N) is 1. The van der Waals surface area contributed by atoms with E-state index in [4.69, 9.17) is 0 Å². The summed E-state index contributed by atoms with van der Waals surface area (Å²) < 4.78 is 23.0. The van der Waals surface area contributed by atoms with Gasteiger partial charge in [0.15, 0.2) is 9.84 Å². The van der Waals surface area contributed by atoms with Gasteiger partial charge in [-0.25, -0.2) is 18.1 Å². The second-order valence-corrected chi connectivity index (χ2v) is 8.27. The zero-order valence-corrected chi connectivity index (χ0v) is 13.8. The standard InChI is InChI=1S/C13H19N3O6S/c1-3-5-15-10(18)11(19)16(12(15)20)7-9(17)14-13(2)4-6-23(21,22)8-13/h3-8H2,1-2H3,(H,14,17)/t13-/m1/s1. The van der Waals surface area contributed by atoms with E-state index in [1.807, 2.05) is 0 Å². The van der Waals surface area contributed by atoms with Gasteiger partial charge in [0.25, 0.3) is 0 Å². The van der Waals surface area contributed by atoms with E-state index < -0.39 is 45.7 Å². The van der Waals surface area contributed by atoms with E-state index in [0.717, 1.165) is 4.90 Å². The van der Waals surface area contributed by atoms with Gasteiger partial charge in [0.05, 0.1) is 17.0 Å². The summed E-state index contributed by atoms with van der Waals surface area (Å²) in [4.78, 5) is 48.9. The van der Waals surface area contributed by atoms with Crippen molar-refractivity contribution in [3.05, 3.63) is 0 Å². The molecule has 2 aliphatic heterocycles. The van der Waals surface area contributed by atoms with Crippen molar-refractivity contribution in [2.45, 2.75) is 32.2 Å². The predicted molar refractivity (Wildman–Crippen MR) is 78.9 cm³/mol. The van der Waals surface area contributed by atoms with Crippen molar-refractivity contribution < 1.29 is 27.6 Å². The molecule has 0 aromatic rings. The van der Waals surface area contributed by atoms with Crippen LogP contribution in [0.4, 0.5) is 4.79 Å². The van der Waals surface area contributed by atoms with E-state index in [1.165, 1.54) is 0 Å². The molecule has 0 aliphatic carbocycles. The van der Waals surface area contributed by atoms with Crippen LogP contribution in [-0.2, 0) is 24.2 Å². The predicted octanol–water partition coefficient (Wildman–Crippen LogP) is -1.12. The van der Waals surface area contributed by atoms with Crippen molar-refractivity contribution in [2.75, 3.05) is 24.6 Å². The summed E-state index contributed by atoms with van der Waals surface area (Å²) in [6.45, 7) is 2.86. The van der Waals surface area contributed by atoms with Gasteiger partial charge in [-0.15, -0.1) is 0 Å². The Morgan fingerprint density at radius 2 is 1.83 bits per heavy atom.